The molecular formula is C12H8ClN3O2. The number of pyridine rings is 1. The van der Waals surface area contributed by atoms with Crippen molar-refractivity contribution in [2.45, 2.75) is 0 Å². The number of carbonyl (C=O) groups is 1. The predicted molar refractivity (Wildman–Crippen MR) is 65.4 cm³/mol. The number of aromatic nitrogens is 1. The molecule has 0 aliphatic rings. The van der Waals surface area contributed by atoms with Gasteiger partial charge in [0.05, 0.1) is 11.9 Å². The fourth-order valence-electron chi connectivity index (χ4n) is 1.36. The zero-order chi connectivity index (χ0) is 13.1. The molecule has 0 aliphatic carbocycles. The Balaban J connectivity index is 2.23. The van der Waals surface area contributed by atoms with Crippen molar-refractivity contribution in [1.29, 1.82) is 5.26 Å². The van der Waals surface area contributed by atoms with E-state index in [0.29, 0.717) is 10.8 Å². The third-order valence-electron chi connectivity index (χ3n) is 2.33. The number of carbonyl (C=O) groups excluding carboxylic acids is 1. The molecule has 2 rings (SSSR count). The minimum absolute atomic E-state index is 0.0981. The van der Waals surface area contributed by atoms with Crippen molar-refractivity contribution in [3.05, 3.63) is 47.1 Å². The number of hydrogen-bond donors (Lipinski definition) is 0. The molecule has 0 aliphatic heterocycles. The topological polar surface area (TPSA) is 70.1 Å². The molecule has 0 fully saturated rings. The Bertz CT molecular complexity index is 613. The minimum atomic E-state index is -0.361. The van der Waals surface area contributed by atoms with Gasteiger partial charge in [-0.25, -0.2) is 4.98 Å². The van der Waals surface area contributed by atoms with Gasteiger partial charge in [0.1, 0.15) is 11.2 Å². The molecule has 2 aromatic rings. The Morgan fingerprint density at radius 3 is 2.78 bits per heavy atom. The maximum atomic E-state index is 12.0. The van der Waals surface area contributed by atoms with Crippen LogP contribution in [0.25, 0.3) is 0 Å². The number of hydrogen-bond acceptors (Lipinski definition) is 4. The van der Waals surface area contributed by atoms with Gasteiger partial charge in [0.15, 0.2) is 5.76 Å². The number of halogens is 1. The van der Waals surface area contributed by atoms with Gasteiger partial charge in [-0.3, -0.25) is 4.79 Å². The molecule has 0 saturated carbocycles. The van der Waals surface area contributed by atoms with Gasteiger partial charge < -0.3 is 9.32 Å². The average molecular weight is 262 g/mol. The van der Waals surface area contributed by atoms with Crippen molar-refractivity contribution >= 4 is 23.2 Å². The summed E-state index contributed by atoms with van der Waals surface area (Å²) in [6.45, 7) is 0. The van der Waals surface area contributed by atoms with Gasteiger partial charge >= 0.3 is 0 Å². The van der Waals surface area contributed by atoms with Crippen molar-refractivity contribution in [1.82, 2.24) is 4.98 Å². The lowest BCUT2D eigenvalue weighted by molar-refractivity contribution is 0.0966. The van der Waals surface area contributed by atoms with Gasteiger partial charge in [0.2, 0.25) is 5.76 Å². The molecule has 1 amide bonds. The molecule has 18 heavy (non-hydrogen) atoms. The molecule has 6 heteroatoms. The Morgan fingerprint density at radius 1 is 1.44 bits per heavy atom. The SMILES string of the molecule is CN(C(=O)c1ccc(C#N)o1)c1ccc(Cl)nc1. The van der Waals surface area contributed by atoms with E-state index in [1.54, 1.807) is 19.2 Å². The van der Waals surface area contributed by atoms with Crippen LogP contribution in [0.5, 0.6) is 0 Å². The van der Waals surface area contributed by atoms with E-state index in [2.05, 4.69) is 4.98 Å². The van der Waals surface area contributed by atoms with E-state index in [4.69, 9.17) is 21.3 Å². The van der Waals surface area contributed by atoms with Crippen LogP contribution < -0.4 is 4.90 Å². The van der Waals surface area contributed by atoms with E-state index in [-0.39, 0.29) is 17.4 Å². The maximum absolute atomic E-state index is 12.0. The third kappa shape index (κ3) is 2.34. The van der Waals surface area contributed by atoms with Crippen LogP contribution in [-0.2, 0) is 0 Å². The van der Waals surface area contributed by atoms with Crippen molar-refractivity contribution < 1.29 is 9.21 Å². The number of anilines is 1. The number of furan rings is 1. The van der Waals surface area contributed by atoms with Crippen LogP contribution in [0.4, 0.5) is 5.69 Å². The lowest BCUT2D eigenvalue weighted by atomic mass is 10.3. The Hall–Kier alpha value is -2.32. The lowest BCUT2D eigenvalue weighted by Crippen LogP contribution is -2.25. The Kier molecular flexibility index (Phi) is 3.31. The van der Waals surface area contributed by atoms with E-state index in [1.165, 1.54) is 23.2 Å². The molecule has 0 spiro atoms. The first-order valence-electron chi connectivity index (χ1n) is 5.01. The summed E-state index contributed by atoms with van der Waals surface area (Å²) in [7, 11) is 1.59. The highest BCUT2D eigenvalue weighted by Crippen LogP contribution is 2.17. The summed E-state index contributed by atoms with van der Waals surface area (Å²) in [6, 6.07) is 7.98. The molecule has 0 aromatic carbocycles. The summed E-state index contributed by atoms with van der Waals surface area (Å²) in [5.74, 6) is -0.161. The van der Waals surface area contributed by atoms with Crippen LogP contribution in [0.1, 0.15) is 16.3 Å². The molecule has 0 unspecified atom stereocenters. The average Bonchev–Trinajstić information content (AvgIpc) is 2.86. The fraction of sp³-hybridized carbons (Fsp3) is 0.0833. The molecule has 0 atom stereocenters. The standard InChI is InChI=1S/C12H8ClN3O2/c1-16(8-2-5-11(13)15-7-8)12(17)10-4-3-9(6-14)18-10/h2-5,7H,1H3. The summed E-state index contributed by atoms with van der Waals surface area (Å²) in [4.78, 5) is 17.3. The van der Waals surface area contributed by atoms with Gasteiger partial charge in [-0.1, -0.05) is 11.6 Å². The highest BCUT2D eigenvalue weighted by Gasteiger charge is 2.17. The summed E-state index contributed by atoms with van der Waals surface area (Å²) in [5, 5.41) is 8.98. The van der Waals surface area contributed by atoms with E-state index >= 15 is 0 Å². The van der Waals surface area contributed by atoms with Gasteiger partial charge in [0.25, 0.3) is 5.91 Å². The van der Waals surface area contributed by atoms with Crippen LogP contribution >= 0.6 is 11.6 Å². The van der Waals surface area contributed by atoms with Crippen LogP contribution in [0, 0.1) is 11.3 Å². The summed E-state index contributed by atoms with van der Waals surface area (Å²) < 4.78 is 5.06. The predicted octanol–water partition coefficient (Wildman–Crippen LogP) is 2.48. The lowest BCUT2D eigenvalue weighted by Gasteiger charge is -2.15. The number of rotatable bonds is 2. The van der Waals surface area contributed by atoms with Crippen LogP contribution in [0.2, 0.25) is 5.15 Å². The van der Waals surface area contributed by atoms with E-state index in [9.17, 15) is 4.79 Å². The second-order valence-corrected chi connectivity index (χ2v) is 3.87. The molecule has 2 heterocycles. The van der Waals surface area contributed by atoms with E-state index in [1.807, 2.05) is 6.07 Å². The fourth-order valence-corrected chi connectivity index (χ4v) is 1.47. The quantitative estimate of drug-likeness (QED) is 0.779. The molecular weight excluding hydrogens is 254 g/mol. The summed E-state index contributed by atoms with van der Waals surface area (Å²) >= 11 is 5.67. The molecule has 0 radical (unpaired) electrons. The third-order valence-corrected chi connectivity index (χ3v) is 2.55. The van der Waals surface area contributed by atoms with Crippen LogP contribution in [0.3, 0.4) is 0 Å². The molecule has 0 bridgehead atoms. The zero-order valence-electron chi connectivity index (χ0n) is 9.42. The molecule has 0 saturated heterocycles. The normalized spacial score (nSPS) is 9.83. The number of nitriles is 1. The van der Waals surface area contributed by atoms with Gasteiger partial charge in [-0.15, -0.1) is 0 Å². The largest absolute Gasteiger partial charge is 0.440 e. The van der Waals surface area contributed by atoms with Gasteiger partial charge in [-0.05, 0) is 24.3 Å². The first kappa shape index (κ1) is 12.1. The highest BCUT2D eigenvalue weighted by atomic mass is 35.5. The van der Waals surface area contributed by atoms with Gasteiger partial charge in [0, 0.05) is 7.05 Å². The molecule has 2 aromatic heterocycles. The van der Waals surface area contributed by atoms with Crippen molar-refractivity contribution in [2.24, 2.45) is 0 Å². The summed E-state index contributed by atoms with van der Waals surface area (Å²) in [5.41, 5.74) is 0.583. The van der Waals surface area contributed by atoms with Gasteiger partial charge in [-0.2, -0.15) is 5.26 Å². The van der Waals surface area contributed by atoms with Crippen molar-refractivity contribution in [2.75, 3.05) is 11.9 Å². The van der Waals surface area contributed by atoms with Crippen molar-refractivity contribution in [3.63, 3.8) is 0 Å². The van der Waals surface area contributed by atoms with E-state index < -0.39 is 0 Å². The molecule has 90 valence electrons. The van der Waals surface area contributed by atoms with Crippen LogP contribution in [0.15, 0.2) is 34.9 Å². The monoisotopic (exact) mass is 261 g/mol. The highest BCUT2D eigenvalue weighted by molar-refractivity contribution is 6.29. The zero-order valence-corrected chi connectivity index (χ0v) is 10.2. The first-order valence-corrected chi connectivity index (χ1v) is 5.39. The smallest absolute Gasteiger partial charge is 0.293 e. The minimum Gasteiger partial charge on any atom is -0.440 e. The molecule has 5 nitrogen and oxygen atoms in total. The van der Waals surface area contributed by atoms with Crippen molar-refractivity contribution in [3.8, 4) is 6.07 Å². The van der Waals surface area contributed by atoms with E-state index in [0.717, 1.165) is 0 Å². The number of nitrogens with zero attached hydrogens (tertiary/aromatic N) is 3. The van der Waals surface area contributed by atoms with Crippen LogP contribution in [-0.4, -0.2) is 17.9 Å². The number of amides is 1. The maximum Gasteiger partial charge on any atom is 0.293 e. The second-order valence-electron chi connectivity index (χ2n) is 3.48. The molecule has 0 N–H and O–H groups in total. The first-order chi connectivity index (χ1) is 8.61. The summed E-state index contributed by atoms with van der Waals surface area (Å²) in [6.07, 6.45) is 1.48. The Morgan fingerprint density at radius 2 is 2.22 bits per heavy atom. The second kappa shape index (κ2) is 4.90. The Labute approximate surface area is 108 Å².